The van der Waals surface area contributed by atoms with Crippen molar-refractivity contribution in [1.82, 2.24) is 5.06 Å². The van der Waals surface area contributed by atoms with Crippen LogP contribution in [0.3, 0.4) is 0 Å². The molecule has 0 aliphatic heterocycles. The van der Waals surface area contributed by atoms with Crippen molar-refractivity contribution < 1.29 is 14.7 Å². The summed E-state index contributed by atoms with van der Waals surface area (Å²) in [5, 5.41) is 10.4. The van der Waals surface area contributed by atoms with Crippen LogP contribution in [0.2, 0.25) is 0 Å². The molecule has 0 aliphatic rings. The molecule has 0 unspecified atom stereocenters. The molecule has 104 valence electrons. The highest BCUT2D eigenvalue weighted by Crippen LogP contribution is 2.08. The van der Waals surface area contributed by atoms with E-state index >= 15 is 0 Å². The van der Waals surface area contributed by atoms with Gasteiger partial charge in [-0.05, 0) is 24.1 Å². The van der Waals surface area contributed by atoms with E-state index in [1.54, 1.807) is 12.1 Å². The van der Waals surface area contributed by atoms with E-state index in [9.17, 15) is 10.0 Å². The summed E-state index contributed by atoms with van der Waals surface area (Å²) in [5.74, 6) is 0.155. The molecule has 0 saturated carbocycles. The summed E-state index contributed by atoms with van der Waals surface area (Å²) in [7, 11) is 0. The van der Waals surface area contributed by atoms with Gasteiger partial charge >= 0.3 is 0 Å². The standard InChI is InChI=1S/C16H17NO3/c18-16(13-20-15-9-5-2-6-10-15)17(19)12-11-14-7-3-1-4-8-14/h1-10,19H,11-13H2. The summed E-state index contributed by atoms with van der Waals surface area (Å²) in [6.07, 6.45) is 0.606. The third-order valence-corrected chi connectivity index (χ3v) is 2.85. The van der Waals surface area contributed by atoms with E-state index < -0.39 is 5.91 Å². The maximum absolute atomic E-state index is 11.7. The first-order chi connectivity index (χ1) is 9.75. The highest BCUT2D eigenvalue weighted by molar-refractivity contribution is 5.76. The Balaban J connectivity index is 1.75. The average molecular weight is 271 g/mol. The smallest absolute Gasteiger partial charge is 0.283 e. The minimum absolute atomic E-state index is 0.171. The highest BCUT2D eigenvalue weighted by Gasteiger charge is 2.11. The van der Waals surface area contributed by atoms with Gasteiger partial charge in [0.2, 0.25) is 0 Å². The Kier molecular flexibility index (Phi) is 5.15. The Morgan fingerprint density at radius 2 is 1.60 bits per heavy atom. The second kappa shape index (κ2) is 7.31. The fourth-order valence-corrected chi connectivity index (χ4v) is 1.74. The Morgan fingerprint density at radius 3 is 2.25 bits per heavy atom. The van der Waals surface area contributed by atoms with Crippen LogP contribution in [0, 0.1) is 0 Å². The molecule has 0 heterocycles. The number of nitrogens with zero attached hydrogens (tertiary/aromatic N) is 1. The Labute approximate surface area is 118 Å². The number of carbonyl (C=O) groups excluding carboxylic acids is 1. The van der Waals surface area contributed by atoms with Gasteiger partial charge in [0, 0.05) is 0 Å². The lowest BCUT2D eigenvalue weighted by molar-refractivity contribution is -0.167. The van der Waals surface area contributed by atoms with Crippen LogP contribution in [-0.4, -0.2) is 29.3 Å². The van der Waals surface area contributed by atoms with Crippen molar-refractivity contribution in [1.29, 1.82) is 0 Å². The minimum Gasteiger partial charge on any atom is -0.484 e. The largest absolute Gasteiger partial charge is 0.484 e. The Morgan fingerprint density at radius 1 is 1.00 bits per heavy atom. The second-order valence-electron chi connectivity index (χ2n) is 4.35. The number of hydrogen-bond donors (Lipinski definition) is 1. The molecule has 2 aromatic carbocycles. The zero-order valence-electron chi connectivity index (χ0n) is 11.1. The molecule has 0 aromatic heterocycles. The molecule has 0 fully saturated rings. The van der Waals surface area contributed by atoms with Gasteiger partial charge in [0.05, 0.1) is 6.54 Å². The van der Waals surface area contributed by atoms with Crippen molar-refractivity contribution in [2.45, 2.75) is 6.42 Å². The lowest BCUT2D eigenvalue weighted by Crippen LogP contribution is -2.33. The van der Waals surface area contributed by atoms with Gasteiger partial charge in [-0.1, -0.05) is 48.5 Å². The van der Waals surface area contributed by atoms with Gasteiger partial charge < -0.3 is 4.74 Å². The summed E-state index contributed by atoms with van der Waals surface area (Å²) < 4.78 is 5.29. The molecular weight excluding hydrogens is 254 g/mol. The molecule has 0 radical (unpaired) electrons. The average Bonchev–Trinajstić information content (AvgIpc) is 2.52. The van der Waals surface area contributed by atoms with E-state index in [-0.39, 0.29) is 13.2 Å². The number of ether oxygens (including phenoxy) is 1. The van der Waals surface area contributed by atoms with E-state index in [2.05, 4.69) is 0 Å². The normalized spacial score (nSPS) is 10.1. The first-order valence-electron chi connectivity index (χ1n) is 6.47. The van der Waals surface area contributed by atoms with Gasteiger partial charge in [0.15, 0.2) is 6.61 Å². The van der Waals surface area contributed by atoms with Crippen LogP contribution < -0.4 is 4.74 Å². The zero-order valence-corrected chi connectivity index (χ0v) is 11.1. The van der Waals surface area contributed by atoms with Gasteiger partial charge in [0.1, 0.15) is 5.75 Å². The summed E-state index contributed by atoms with van der Waals surface area (Å²) >= 11 is 0. The summed E-state index contributed by atoms with van der Waals surface area (Å²) in [6.45, 7) is 0.0797. The molecule has 20 heavy (non-hydrogen) atoms. The molecule has 4 nitrogen and oxygen atoms in total. The van der Waals surface area contributed by atoms with Crippen molar-refractivity contribution in [3.8, 4) is 5.75 Å². The van der Waals surface area contributed by atoms with Gasteiger partial charge in [-0.2, -0.15) is 0 Å². The number of hydroxylamine groups is 2. The third-order valence-electron chi connectivity index (χ3n) is 2.85. The van der Waals surface area contributed by atoms with Crippen LogP contribution in [0.4, 0.5) is 0 Å². The first kappa shape index (κ1) is 14.1. The molecule has 2 rings (SSSR count). The van der Waals surface area contributed by atoms with E-state index in [0.29, 0.717) is 17.2 Å². The van der Waals surface area contributed by atoms with Crippen LogP contribution in [0.15, 0.2) is 60.7 Å². The topological polar surface area (TPSA) is 49.8 Å². The zero-order chi connectivity index (χ0) is 14.2. The molecule has 0 aliphatic carbocycles. The summed E-state index contributed by atoms with van der Waals surface area (Å²) in [5.41, 5.74) is 1.07. The second-order valence-corrected chi connectivity index (χ2v) is 4.35. The van der Waals surface area contributed by atoms with Gasteiger partial charge in [-0.3, -0.25) is 10.0 Å². The molecule has 0 saturated heterocycles. The fourth-order valence-electron chi connectivity index (χ4n) is 1.74. The van der Waals surface area contributed by atoms with E-state index in [4.69, 9.17) is 4.74 Å². The maximum Gasteiger partial charge on any atom is 0.283 e. The van der Waals surface area contributed by atoms with Gasteiger partial charge in [0.25, 0.3) is 5.91 Å². The molecule has 0 spiro atoms. The lowest BCUT2D eigenvalue weighted by Gasteiger charge is -2.15. The van der Waals surface area contributed by atoms with E-state index in [1.165, 1.54) is 0 Å². The van der Waals surface area contributed by atoms with Crippen LogP contribution in [0.5, 0.6) is 5.75 Å². The van der Waals surface area contributed by atoms with Gasteiger partial charge in [-0.15, -0.1) is 0 Å². The van der Waals surface area contributed by atoms with Crippen molar-refractivity contribution in [3.63, 3.8) is 0 Å². The van der Waals surface area contributed by atoms with Crippen LogP contribution in [0.1, 0.15) is 5.56 Å². The predicted molar refractivity (Wildman–Crippen MR) is 75.6 cm³/mol. The number of rotatable bonds is 6. The fraction of sp³-hybridized carbons (Fsp3) is 0.188. The van der Waals surface area contributed by atoms with E-state index in [0.717, 1.165) is 5.56 Å². The van der Waals surface area contributed by atoms with Crippen LogP contribution in [0.25, 0.3) is 0 Å². The lowest BCUT2D eigenvalue weighted by atomic mass is 10.1. The number of hydrogen-bond acceptors (Lipinski definition) is 3. The van der Waals surface area contributed by atoms with Crippen LogP contribution >= 0.6 is 0 Å². The molecule has 4 heteroatoms. The highest BCUT2D eigenvalue weighted by atomic mass is 16.5. The summed E-state index contributed by atoms with van der Waals surface area (Å²) in [4.78, 5) is 11.7. The van der Waals surface area contributed by atoms with Crippen molar-refractivity contribution in [2.75, 3.05) is 13.2 Å². The molecule has 0 bridgehead atoms. The molecular formula is C16H17NO3. The van der Waals surface area contributed by atoms with E-state index in [1.807, 2.05) is 48.5 Å². The number of benzene rings is 2. The van der Waals surface area contributed by atoms with Crippen molar-refractivity contribution in [3.05, 3.63) is 66.2 Å². The molecule has 1 N–H and O–H groups in total. The maximum atomic E-state index is 11.7. The SMILES string of the molecule is O=C(COc1ccccc1)N(O)CCc1ccccc1. The van der Waals surface area contributed by atoms with Crippen molar-refractivity contribution in [2.24, 2.45) is 0 Å². The molecule has 1 amide bonds. The minimum atomic E-state index is -0.454. The van der Waals surface area contributed by atoms with Gasteiger partial charge in [-0.25, -0.2) is 5.06 Å². The monoisotopic (exact) mass is 271 g/mol. The predicted octanol–water partition coefficient (Wildman–Crippen LogP) is 2.53. The number of para-hydroxylation sites is 1. The van der Waals surface area contributed by atoms with Crippen molar-refractivity contribution >= 4 is 5.91 Å². The number of carbonyl (C=O) groups is 1. The number of amides is 1. The molecule has 2 aromatic rings. The Hall–Kier alpha value is -2.33. The summed E-state index contributed by atoms with van der Waals surface area (Å²) in [6, 6.07) is 18.7. The Bertz CT molecular complexity index is 528. The molecule has 0 atom stereocenters. The third kappa shape index (κ3) is 4.40. The first-order valence-corrected chi connectivity index (χ1v) is 6.47. The quantitative estimate of drug-likeness (QED) is 0.649. The van der Waals surface area contributed by atoms with Crippen LogP contribution in [-0.2, 0) is 11.2 Å².